The number of aromatic nitrogens is 3. The fourth-order valence-corrected chi connectivity index (χ4v) is 2.25. The molecule has 2 heterocycles. The standard InChI is InChI=1S/C14H22N4/c1-5-18-12(3)14(10-16-18)11(2)15-9-13-7-6-8-17(13)4/h6-8,10-11,15H,5,9H2,1-4H3. The second-order valence-corrected chi connectivity index (χ2v) is 4.71. The van der Waals surface area contributed by atoms with Crippen LogP contribution >= 0.6 is 0 Å². The van der Waals surface area contributed by atoms with Crippen molar-refractivity contribution in [2.24, 2.45) is 7.05 Å². The molecular weight excluding hydrogens is 224 g/mol. The summed E-state index contributed by atoms with van der Waals surface area (Å²) >= 11 is 0. The number of aryl methyl sites for hydroxylation is 2. The van der Waals surface area contributed by atoms with Crippen molar-refractivity contribution in [3.8, 4) is 0 Å². The first-order chi connectivity index (χ1) is 8.63. The van der Waals surface area contributed by atoms with Gasteiger partial charge in [0.2, 0.25) is 0 Å². The highest BCUT2D eigenvalue weighted by Gasteiger charge is 2.12. The van der Waals surface area contributed by atoms with Gasteiger partial charge in [0.25, 0.3) is 0 Å². The lowest BCUT2D eigenvalue weighted by Gasteiger charge is -2.14. The summed E-state index contributed by atoms with van der Waals surface area (Å²) in [5.74, 6) is 0. The molecule has 1 N–H and O–H groups in total. The molecular formula is C14H22N4. The zero-order valence-electron chi connectivity index (χ0n) is 11.6. The molecule has 4 heteroatoms. The van der Waals surface area contributed by atoms with Crippen LogP contribution in [0.2, 0.25) is 0 Å². The first kappa shape index (κ1) is 12.9. The summed E-state index contributed by atoms with van der Waals surface area (Å²) in [7, 11) is 2.07. The number of nitrogens with zero attached hydrogens (tertiary/aromatic N) is 3. The van der Waals surface area contributed by atoms with E-state index in [1.165, 1.54) is 17.0 Å². The molecule has 98 valence electrons. The second-order valence-electron chi connectivity index (χ2n) is 4.71. The van der Waals surface area contributed by atoms with Crippen LogP contribution < -0.4 is 5.32 Å². The molecule has 0 saturated carbocycles. The second kappa shape index (κ2) is 5.40. The van der Waals surface area contributed by atoms with E-state index in [2.05, 4.69) is 61.1 Å². The van der Waals surface area contributed by atoms with Crippen LogP contribution in [-0.4, -0.2) is 14.3 Å². The van der Waals surface area contributed by atoms with Gasteiger partial charge in [-0.3, -0.25) is 4.68 Å². The highest BCUT2D eigenvalue weighted by molar-refractivity contribution is 5.20. The molecule has 0 aliphatic rings. The highest BCUT2D eigenvalue weighted by Crippen LogP contribution is 2.17. The van der Waals surface area contributed by atoms with Gasteiger partial charge in [-0.05, 0) is 32.9 Å². The fourth-order valence-electron chi connectivity index (χ4n) is 2.25. The Bertz CT molecular complexity index is 510. The largest absolute Gasteiger partial charge is 0.353 e. The van der Waals surface area contributed by atoms with Gasteiger partial charge in [-0.25, -0.2) is 0 Å². The van der Waals surface area contributed by atoms with E-state index in [-0.39, 0.29) is 0 Å². The molecule has 1 atom stereocenters. The Balaban J connectivity index is 2.01. The number of nitrogens with one attached hydrogen (secondary N) is 1. The van der Waals surface area contributed by atoms with Crippen molar-refractivity contribution in [3.05, 3.63) is 41.5 Å². The van der Waals surface area contributed by atoms with Crippen LogP contribution in [-0.2, 0) is 20.1 Å². The molecule has 2 rings (SSSR count). The van der Waals surface area contributed by atoms with Crippen molar-refractivity contribution in [2.75, 3.05) is 0 Å². The minimum atomic E-state index is 0.320. The summed E-state index contributed by atoms with van der Waals surface area (Å²) < 4.78 is 4.18. The average Bonchev–Trinajstić information content (AvgIpc) is 2.92. The first-order valence-electron chi connectivity index (χ1n) is 6.49. The molecule has 0 amide bonds. The van der Waals surface area contributed by atoms with Gasteiger partial charge < -0.3 is 9.88 Å². The van der Waals surface area contributed by atoms with E-state index in [4.69, 9.17) is 0 Å². The van der Waals surface area contributed by atoms with Crippen LogP contribution in [0, 0.1) is 6.92 Å². The maximum Gasteiger partial charge on any atom is 0.0540 e. The third kappa shape index (κ3) is 2.48. The van der Waals surface area contributed by atoms with E-state index in [1.54, 1.807) is 0 Å². The zero-order valence-corrected chi connectivity index (χ0v) is 11.6. The van der Waals surface area contributed by atoms with Gasteiger partial charge >= 0.3 is 0 Å². The number of rotatable bonds is 5. The summed E-state index contributed by atoms with van der Waals surface area (Å²) in [4.78, 5) is 0. The molecule has 4 nitrogen and oxygen atoms in total. The Morgan fingerprint density at radius 3 is 2.78 bits per heavy atom. The Morgan fingerprint density at radius 2 is 2.22 bits per heavy atom. The zero-order chi connectivity index (χ0) is 13.1. The molecule has 0 radical (unpaired) electrons. The van der Waals surface area contributed by atoms with E-state index >= 15 is 0 Å². The van der Waals surface area contributed by atoms with Crippen LogP contribution in [0.25, 0.3) is 0 Å². The lowest BCUT2D eigenvalue weighted by Crippen LogP contribution is -2.20. The molecule has 0 aliphatic carbocycles. The normalized spacial score (nSPS) is 12.9. The lowest BCUT2D eigenvalue weighted by molar-refractivity contribution is 0.552. The Labute approximate surface area is 109 Å². The third-order valence-electron chi connectivity index (χ3n) is 3.55. The van der Waals surface area contributed by atoms with E-state index < -0.39 is 0 Å². The molecule has 0 fully saturated rings. The third-order valence-corrected chi connectivity index (χ3v) is 3.55. The van der Waals surface area contributed by atoms with Gasteiger partial charge in [0.15, 0.2) is 0 Å². The molecule has 2 aromatic rings. The first-order valence-corrected chi connectivity index (χ1v) is 6.49. The van der Waals surface area contributed by atoms with Gasteiger partial charge in [0, 0.05) is 49.3 Å². The number of hydrogen-bond acceptors (Lipinski definition) is 2. The van der Waals surface area contributed by atoms with Gasteiger partial charge in [-0.1, -0.05) is 0 Å². The van der Waals surface area contributed by atoms with Crippen molar-refractivity contribution in [1.82, 2.24) is 19.7 Å². The molecule has 2 aromatic heterocycles. The summed E-state index contributed by atoms with van der Waals surface area (Å²) in [5.41, 5.74) is 3.83. The maximum absolute atomic E-state index is 4.39. The molecule has 0 bridgehead atoms. The molecule has 0 spiro atoms. The minimum Gasteiger partial charge on any atom is -0.353 e. The van der Waals surface area contributed by atoms with Crippen LogP contribution in [0.4, 0.5) is 0 Å². The maximum atomic E-state index is 4.39. The van der Waals surface area contributed by atoms with Crippen LogP contribution in [0.15, 0.2) is 24.5 Å². The molecule has 0 aliphatic heterocycles. The smallest absolute Gasteiger partial charge is 0.0540 e. The monoisotopic (exact) mass is 246 g/mol. The predicted molar refractivity (Wildman–Crippen MR) is 73.3 cm³/mol. The van der Waals surface area contributed by atoms with Crippen molar-refractivity contribution < 1.29 is 0 Å². The Hall–Kier alpha value is -1.55. The van der Waals surface area contributed by atoms with Gasteiger partial charge in [0.05, 0.1) is 6.20 Å². The quantitative estimate of drug-likeness (QED) is 0.879. The van der Waals surface area contributed by atoms with Crippen molar-refractivity contribution in [3.63, 3.8) is 0 Å². The molecule has 0 aromatic carbocycles. The van der Waals surface area contributed by atoms with Gasteiger partial charge in [-0.2, -0.15) is 5.10 Å². The summed E-state index contributed by atoms with van der Waals surface area (Å²) in [5, 5.41) is 7.94. The predicted octanol–water partition coefficient (Wildman–Crippen LogP) is 2.40. The number of hydrogen-bond donors (Lipinski definition) is 1. The van der Waals surface area contributed by atoms with E-state index in [9.17, 15) is 0 Å². The Kier molecular flexibility index (Phi) is 3.87. The van der Waals surface area contributed by atoms with Crippen LogP contribution in [0.5, 0.6) is 0 Å². The molecule has 0 saturated heterocycles. The summed E-state index contributed by atoms with van der Waals surface area (Å²) in [6, 6.07) is 4.53. The van der Waals surface area contributed by atoms with E-state index in [0.29, 0.717) is 6.04 Å². The van der Waals surface area contributed by atoms with Crippen molar-refractivity contribution >= 4 is 0 Å². The van der Waals surface area contributed by atoms with E-state index in [1.807, 2.05) is 10.9 Å². The lowest BCUT2D eigenvalue weighted by atomic mass is 10.1. The SMILES string of the molecule is CCn1ncc(C(C)NCc2cccn2C)c1C. The highest BCUT2D eigenvalue weighted by atomic mass is 15.3. The minimum absolute atomic E-state index is 0.320. The summed E-state index contributed by atoms with van der Waals surface area (Å²) in [6.07, 6.45) is 4.05. The van der Waals surface area contributed by atoms with Gasteiger partial charge in [0.1, 0.15) is 0 Å². The van der Waals surface area contributed by atoms with Crippen LogP contribution in [0.3, 0.4) is 0 Å². The van der Waals surface area contributed by atoms with Crippen LogP contribution in [0.1, 0.15) is 36.8 Å². The van der Waals surface area contributed by atoms with E-state index in [0.717, 1.165) is 13.1 Å². The summed E-state index contributed by atoms with van der Waals surface area (Å²) in [6.45, 7) is 8.24. The van der Waals surface area contributed by atoms with Gasteiger partial charge in [-0.15, -0.1) is 0 Å². The average molecular weight is 246 g/mol. The molecule has 18 heavy (non-hydrogen) atoms. The topological polar surface area (TPSA) is 34.8 Å². The van der Waals surface area contributed by atoms with Crippen molar-refractivity contribution in [2.45, 2.75) is 39.9 Å². The molecule has 1 unspecified atom stereocenters. The Morgan fingerprint density at radius 1 is 1.44 bits per heavy atom. The van der Waals surface area contributed by atoms with Crippen molar-refractivity contribution in [1.29, 1.82) is 0 Å². The fraction of sp³-hybridized carbons (Fsp3) is 0.500.